The van der Waals surface area contributed by atoms with Gasteiger partial charge >= 0.3 is 0 Å². The van der Waals surface area contributed by atoms with Crippen molar-refractivity contribution < 1.29 is 9.59 Å². The number of nitrogens with one attached hydrogen (secondary N) is 2. The maximum Gasteiger partial charge on any atom is 0.243 e. The summed E-state index contributed by atoms with van der Waals surface area (Å²) in [4.78, 5) is 26.5. The van der Waals surface area contributed by atoms with Crippen LogP contribution in [0.3, 0.4) is 0 Å². The van der Waals surface area contributed by atoms with Crippen molar-refractivity contribution in [3.63, 3.8) is 0 Å². The zero-order valence-corrected chi connectivity index (χ0v) is 20.5. The highest BCUT2D eigenvalue weighted by molar-refractivity contribution is 5.89. The second-order valence-corrected chi connectivity index (χ2v) is 13.9. The van der Waals surface area contributed by atoms with Crippen LogP contribution >= 0.6 is 0 Å². The van der Waals surface area contributed by atoms with Crippen molar-refractivity contribution in [3.8, 4) is 0 Å². The first-order valence-electron chi connectivity index (χ1n) is 14.1. The molecule has 33 heavy (non-hydrogen) atoms. The standard InChI is InChI=1S/C29H42N2O2/c1-28-7-3-4-21(28)25-20(15-23-29(2,22(25)5-8-28)9-6-24(32)30-23)27(33)31-26-18-11-16-10-17(13-18)14-19(26)12-16/h6,9,16-23,25-26H,3-5,7-8,10-15H2,1-2H3,(H,30,32)(H,31,33)/t16?,17?,18?,19?,20-,21-,22-,23+,25-,26?,28-,29+/m0/s1. The van der Waals surface area contributed by atoms with E-state index in [0.717, 1.165) is 30.1 Å². The Bertz CT molecular complexity index is 868. The van der Waals surface area contributed by atoms with E-state index in [1.54, 1.807) is 6.08 Å². The first kappa shape index (κ1) is 21.0. The van der Waals surface area contributed by atoms with Crippen LogP contribution in [-0.4, -0.2) is 23.9 Å². The van der Waals surface area contributed by atoms with E-state index in [4.69, 9.17) is 0 Å². The molecule has 1 aliphatic heterocycles. The summed E-state index contributed by atoms with van der Waals surface area (Å²) in [5, 5.41) is 7.00. The van der Waals surface area contributed by atoms with Gasteiger partial charge in [-0.2, -0.15) is 0 Å². The van der Waals surface area contributed by atoms with Gasteiger partial charge in [0.05, 0.1) is 0 Å². The Morgan fingerprint density at radius 3 is 2.42 bits per heavy atom. The molecule has 8 rings (SSSR count). The maximum absolute atomic E-state index is 14.2. The summed E-state index contributed by atoms with van der Waals surface area (Å²) in [5.41, 5.74) is 0.398. The lowest BCUT2D eigenvalue weighted by atomic mass is 9.46. The molecule has 7 aliphatic carbocycles. The maximum atomic E-state index is 14.2. The predicted molar refractivity (Wildman–Crippen MR) is 128 cm³/mol. The summed E-state index contributed by atoms with van der Waals surface area (Å²) in [7, 11) is 0. The van der Waals surface area contributed by atoms with Crippen LogP contribution in [0.2, 0.25) is 0 Å². The summed E-state index contributed by atoms with van der Waals surface area (Å²) < 4.78 is 0. The highest BCUT2D eigenvalue weighted by Gasteiger charge is 2.61. The van der Waals surface area contributed by atoms with Crippen LogP contribution in [0.15, 0.2) is 12.2 Å². The second-order valence-electron chi connectivity index (χ2n) is 13.9. The molecule has 7 saturated carbocycles. The number of carbonyl (C=O) groups is 2. The molecule has 4 nitrogen and oxygen atoms in total. The van der Waals surface area contributed by atoms with Gasteiger partial charge in [0.2, 0.25) is 11.8 Å². The van der Waals surface area contributed by atoms with Crippen molar-refractivity contribution in [2.45, 2.75) is 96.6 Å². The molecule has 4 bridgehead atoms. The first-order valence-corrected chi connectivity index (χ1v) is 14.1. The Balaban J connectivity index is 1.20. The average Bonchev–Trinajstić information content (AvgIpc) is 3.17. The molecule has 0 spiro atoms. The monoisotopic (exact) mass is 450 g/mol. The molecule has 2 amide bonds. The van der Waals surface area contributed by atoms with Crippen molar-refractivity contribution in [2.75, 3.05) is 0 Å². The van der Waals surface area contributed by atoms with Gasteiger partial charge in [0.1, 0.15) is 0 Å². The lowest BCUT2D eigenvalue weighted by molar-refractivity contribution is -0.147. The van der Waals surface area contributed by atoms with Gasteiger partial charge in [-0.1, -0.05) is 26.3 Å². The molecule has 0 unspecified atom stereocenters. The van der Waals surface area contributed by atoms with Gasteiger partial charge < -0.3 is 10.6 Å². The van der Waals surface area contributed by atoms with Crippen molar-refractivity contribution in [1.82, 2.24) is 10.6 Å². The fraction of sp³-hybridized carbons (Fsp3) is 0.862. The SMILES string of the molecule is C[C@@]12CCC[C@H]1[C@@H]1[C@@H](C(=O)NC3C4CC5CC(C4)CC3C5)C[C@H]3NC(=O)C=C[C@]3(C)[C@H]1CC2. The van der Waals surface area contributed by atoms with Gasteiger partial charge in [0.25, 0.3) is 0 Å². The van der Waals surface area contributed by atoms with E-state index in [-0.39, 0.29) is 23.3 Å². The topological polar surface area (TPSA) is 58.2 Å². The van der Waals surface area contributed by atoms with Crippen LogP contribution in [0.4, 0.5) is 0 Å². The van der Waals surface area contributed by atoms with Gasteiger partial charge in [-0.25, -0.2) is 0 Å². The van der Waals surface area contributed by atoms with Crippen LogP contribution in [0.5, 0.6) is 0 Å². The Morgan fingerprint density at radius 2 is 1.70 bits per heavy atom. The molecule has 2 N–H and O–H groups in total. The minimum absolute atomic E-state index is 0.0120. The Kier molecular flexibility index (Phi) is 4.52. The zero-order valence-electron chi connectivity index (χ0n) is 20.5. The molecule has 0 saturated heterocycles. The van der Waals surface area contributed by atoms with Crippen LogP contribution in [0, 0.1) is 58.2 Å². The Labute approximate surface area is 199 Å². The number of carbonyl (C=O) groups excluding carboxylic acids is 2. The van der Waals surface area contributed by atoms with Gasteiger partial charge in [0.15, 0.2) is 0 Å². The molecule has 180 valence electrons. The number of rotatable bonds is 2. The lowest BCUT2D eigenvalue weighted by Gasteiger charge is -2.60. The number of fused-ring (bicyclic) bond motifs is 5. The summed E-state index contributed by atoms with van der Waals surface area (Å²) in [6, 6.07) is 0.507. The molecule has 0 aromatic carbocycles. The largest absolute Gasteiger partial charge is 0.353 e. The third kappa shape index (κ3) is 3.00. The number of amides is 2. The smallest absolute Gasteiger partial charge is 0.243 e. The molecule has 7 fully saturated rings. The Hall–Kier alpha value is -1.32. The number of hydrogen-bond donors (Lipinski definition) is 2. The summed E-state index contributed by atoms with van der Waals surface area (Å²) in [5.74, 6) is 5.34. The third-order valence-corrected chi connectivity index (χ3v) is 12.4. The predicted octanol–water partition coefficient (Wildman–Crippen LogP) is 4.84. The third-order valence-electron chi connectivity index (χ3n) is 12.4. The second kappa shape index (κ2) is 7.10. The molecular formula is C29H42N2O2. The minimum atomic E-state index is -0.0120. The fourth-order valence-electron chi connectivity index (χ4n) is 11.0. The summed E-state index contributed by atoms with van der Waals surface area (Å²) >= 11 is 0. The highest BCUT2D eigenvalue weighted by Crippen LogP contribution is 2.65. The fourth-order valence-corrected chi connectivity index (χ4v) is 11.0. The number of hydrogen-bond acceptors (Lipinski definition) is 2. The van der Waals surface area contributed by atoms with Crippen molar-refractivity contribution >= 4 is 11.8 Å². The normalized spacial score (nSPS) is 56.0. The van der Waals surface area contributed by atoms with E-state index in [1.165, 1.54) is 64.2 Å². The molecule has 0 aromatic heterocycles. The Morgan fingerprint density at radius 1 is 0.970 bits per heavy atom. The first-order chi connectivity index (χ1) is 15.8. The van der Waals surface area contributed by atoms with E-state index in [0.29, 0.717) is 35.1 Å². The molecule has 0 radical (unpaired) electrons. The zero-order chi connectivity index (χ0) is 22.5. The van der Waals surface area contributed by atoms with Crippen molar-refractivity contribution in [3.05, 3.63) is 12.2 Å². The molecule has 7 atom stereocenters. The van der Waals surface area contributed by atoms with Crippen molar-refractivity contribution in [1.29, 1.82) is 0 Å². The van der Waals surface area contributed by atoms with E-state index >= 15 is 0 Å². The van der Waals surface area contributed by atoms with Crippen LogP contribution < -0.4 is 10.6 Å². The quantitative estimate of drug-likeness (QED) is 0.632. The minimum Gasteiger partial charge on any atom is -0.353 e. The van der Waals surface area contributed by atoms with Crippen LogP contribution in [-0.2, 0) is 9.59 Å². The van der Waals surface area contributed by atoms with Gasteiger partial charge in [-0.05, 0) is 117 Å². The lowest BCUT2D eigenvalue weighted by Crippen LogP contribution is -2.64. The summed E-state index contributed by atoms with van der Waals surface area (Å²) in [6.45, 7) is 4.88. The summed E-state index contributed by atoms with van der Waals surface area (Å²) in [6.07, 6.45) is 18.1. The molecular weight excluding hydrogens is 408 g/mol. The van der Waals surface area contributed by atoms with E-state index in [9.17, 15) is 9.59 Å². The van der Waals surface area contributed by atoms with Gasteiger partial charge in [-0.3, -0.25) is 9.59 Å². The van der Waals surface area contributed by atoms with E-state index in [2.05, 4.69) is 30.6 Å². The molecule has 8 aliphatic rings. The molecule has 0 aromatic rings. The average molecular weight is 451 g/mol. The van der Waals surface area contributed by atoms with E-state index in [1.807, 2.05) is 0 Å². The highest BCUT2D eigenvalue weighted by atomic mass is 16.2. The van der Waals surface area contributed by atoms with Gasteiger partial charge in [0, 0.05) is 23.4 Å². The molecule has 1 heterocycles. The van der Waals surface area contributed by atoms with Crippen LogP contribution in [0.25, 0.3) is 0 Å². The van der Waals surface area contributed by atoms with Crippen LogP contribution in [0.1, 0.15) is 84.5 Å². The van der Waals surface area contributed by atoms with Crippen molar-refractivity contribution in [2.24, 2.45) is 58.2 Å². The molecule has 4 heteroatoms. The van der Waals surface area contributed by atoms with Gasteiger partial charge in [-0.15, -0.1) is 0 Å². The van der Waals surface area contributed by atoms with E-state index < -0.39 is 0 Å².